The van der Waals surface area contributed by atoms with Gasteiger partial charge in [-0.3, -0.25) is 25.2 Å². The Bertz CT molecular complexity index is 763. The van der Waals surface area contributed by atoms with Crippen LogP contribution in [-0.4, -0.2) is 31.4 Å². The Hall–Kier alpha value is -3.55. The Kier molecular flexibility index (Phi) is 7.65. The molecule has 0 aliphatic carbocycles. The quantitative estimate of drug-likeness (QED) is 0.612. The third-order valence-electron chi connectivity index (χ3n) is 3.41. The van der Waals surface area contributed by atoms with E-state index in [9.17, 15) is 14.4 Å². The number of rotatable bonds is 8. The van der Waals surface area contributed by atoms with Gasteiger partial charge in [0.15, 0.2) is 6.61 Å². The lowest BCUT2D eigenvalue weighted by Crippen LogP contribution is -2.44. The van der Waals surface area contributed by atoms with Gasteiger partial charge in [0.05, 0.1) is 7.11 Å². The van der Waals surface area contributed by atoms with Crippen molar-refractivity contribution >= 4 is 23.4 Å². The maximum Gasteiger partial charge on any atom is 0.276 e. The van der Waals surface area contributed by atoms with Gasteiger partial charge in [-0.2, -0.15) is 0 Å². The fourth-order valence-electron chi connectivity index (χ4n) is 2.03. The van der Waals surface area contributed by atoms with Crippen LogP contribution in [0.1, 0.15) is 12.8 Å². The van der Waals surface area contributed by atoms with Gasteiger partial charge in [0.1, 0.15) is 11.5 Å². The van der Waals surface area contributed by atoms with Crippen LogP contribution in [0.3, 0.4) is 0 Å². The summed E-state index contributed by atoms with van der Waals surface area (Å²) in [5.74, 6) is -0.111. The van der Waals surface area contributed by atoms with Crippen LogP contribution in [0.5, 0.6) is 11.5 Å². The normalized spacial score (nSPS) is 9.81. The van der Waals surface area contributed by atoms with Crippen molar-refractivity contribution in [3.8, 4) is 11.5 Å². The largest absolute Gasteiger partial charge is 0.497 e. The van der Waals surface area contributed by atoms with Crippen LogP contribution < -0.4 is 25.6 Å². The van der Waals surface area contributed by atoms with E-state index in [1.54, 1.807) is 55.6 Å². The number of methoxy groups -OCH3 is 1. The second-order valence-corrected chi connectivity index (χ2v) is 5.47. The lowest BCUT2D eigenvalue weighted by Gasteiger charge is -2.09. The molecular weight excluding hydrogens is 350 g/mol. The topological polar surface area (TPSA) is 106 Å². The van der Waals surface area contributed by atoms with Gasteiger partial charge in [0, 0.05) is 18.5 Å². The summed E-state index contributed by atoms with van der Waals surface area (Å²) in [4.78, 5) is 35.1. The number of hydrogen-bond acceptors (Lipinski definition) is 5. The highest BCUT2D eigenvalue weighted by atomic mass is 16.5. The van der Waals surface area contributed by atoms with Gasteiger partial charge in [-0.25, -0.2) is 0 Å². The standard InChI is InChI=1S/C19H21N3O5/c1-26-15-7-9-16(10-8-15)27-13-19(25)22-21-18(24)12-11-17(23)20-14-5-3-2-4-6-14/h2-10H,11-13H2,1H3,(H,20,23)(H,21,24)(H,22,25). The Labute approximate surface area is 156 Å². The van der Waals surface area contributed by atoms with E-state index in [-0.39, 0.29) is 25.4 Å². The Morgan fingerprint density at radius 2 is 1.37 bits per heavy atom. The molecule has 0 radical (unpaired) electrons. The summed E-state index contributed by atoms with van der Waals surface area (Å²) >= 11 is 0. The summed E-state index contributed by atoms with van der Waals surface area (Å²) in [6.07, 6.45) is -0.0583. The highest BCUT2D eigenvalue weighted by Crippen LogP contribution is 2.16. The maximum atomic E-state index is 11.8. The molecule has 8 nitrogen and oxygen atoms in total. The first kappa shape index (κ1) is 19.8. The van der Waals surface area contributed by atoms with Crippen molar-refractivity contribution in [3.05, 3.63) is 54.6 Å². The third kappa shape index (κ3) is 7.47. The highest BCUT2D eigenvalue weighted by Gasteiger charge is 2.09. The molecule has 8 heteroatoms. The van der Waals surface area contributed by atoms with Crippen LogP contribution in [0.15, 0.2) is 54.6 Å². The van der Waals surface area contributed by atoms with E-state index in [2.05, 4.69) is 16.2 Å². The average Bonchev–Trinajstić information content (AvgIpc) is 2.70. The minimum absolute atomic E-state index is 0.00105. The van der Waals surface area contributed by atoms with Crippen molar-refractivity contribution in [2.24, 2.45) is 0 Å². The first-order chi connectivity index (χ1) is 13.1. The molecule has 0 aliphatic rings. The maximum absolute atomic E-state index is 11.8. The van der Waals surface area contributed by atoms with E-state index in [0.29, 0.717) is 17.2 Å². The average molecular weight is 371 g/mol. The number of hydrogen-bond donors (Lipinski definition) is 3. The molecule has 0 fully saturated rings. The number of anilines is 1. The smallest absolute Gasteiger partial charge is 0.276 e. The number of ether oxygens (including phenoxy) is 2. The molecule has 0 atom stereocenters. The zero-order valence-electron chi connectivity index (χ0n) is 14.9. The zero-order valence-corrected chi connectivity index (χ0v) is 14.9. The van der Waals surface area contributed by atoms with Crippen LogP contribution in [0.2, 0.25) is 0 Å². The predicted octanol–water partition coefficient (Wildman–Crippen LogP) is 1.64. The molecule has 2 aromatic rings. The lowest BCUT2D eigenvalue weighted by molar-refractivity contribution is -0.130. The molecule has 2 rings (SSSR count). The monoisotopic (exact) mass is 371 g/mol. The number of nitrogens with one attached hydrogen (secondary N) is 3. The SMILES string of the molecule is COc1ccc(OCC(=O)NNC(=O)CCC(=O)Nc2ccccc2)cc1. The van der Waals surface area contributed by atoms with E-state index in [4.69, 9.17) is 9.47 Å². The van der Waals surface area contributed by atoms with Gasteiger partial charge < -0.3 is 14.8 Å². The van der Waals surface area contributed by atoms with Gasteiger partial charge in [0.2, 0.25) is 11.8 Å². The van der Waals surface area contributed by atoms with Crippen LogP contribution in [0.4, 0.5) is 5.69 Å². The van der Waals surface area contributed by atoms with Crippen molar-refractivity contribution in [1.82, 2.24) is 10.9 Å². The van der Waals surface area contributed by atoms with Gasteiger partial charge in [-0.05, 0) is 36.4 Å². The molecular formula is C19H21N3O5. The van der Waals surface area contributed by atoms with Crippen molar-refractivity contribution < 1.29 is 23.9 Å². The van der Waals surface area contributed by atoms with Gasteiger partial charge >= 0.3 is 0 Å². The Morgan fingerprint density at radius 3 is 2.04 bits per heavy atom. The van der Waals surface area contributed by atoms with E-state index in [1.807, 2.05) is 6.07 Å². The zero-order chi connectivity index (χ0) is 19.5. The van der Waals surface area contributed by atoms with Crippen LogP contribution >= 0.6 is 0 Å². The molecule has 2 aromatic carbocycles. The second-order valence-electron chi connectivity index (χ2n) is 5.47. The number of carbonyl (C=O) groups is 3. The van der Waals surface area contributed by atoms with E-state index < -0.39 is 11.8 Å². The Morgan fingerprint density at radius 1 is 0.778 bits per heavy atom. The minimum atomic E-state index is -0.520. The van der Waals surface area contributed by atoms with Gasteiger partial charge in [0.25, 0.3) is 5.91 Å². The number of hydrazine groups is 1. The summed E-state index contributed by atoms with van der Waals surface area (Å²) in [5.41, 5.74) is 5.13. The molecule has 0 bridgehead atoms. The molecule has 0 aliphatic heterocycles. The summed E-state index contributed by atoms with van der Waals surface area (Å²) < 4.78 is 10.3. The molecule has 3 N–H and O–H groups in total. The summed E-state index contributed by atoms with van der Waals surface area (Å²) in [7, 11) is 1.55. The number of benzene rings is 2. The van der Waals surface area contributed by atoms with Crippen molar-refractivity contribution in [3.63, 3.8) is 0 Å². The van der Waals surface area contributed by atoms with Gasteiger partial charge in [-0.15, -0.1) is 0 Å². The first-order valence-corrected chi connectivity index (χ1v) is 8.26. The molecule has 0 heterocycles. The minimum Gasteiger partial charge on any atom is -0.497 e. The fourth-order valence-corrected chi connectivity index (χ4v) is 2.03. The van der Waals surface area contributed by atoms with Crippen molar-refractivity contribution in [2.45, 2.75) is 12.8 Å². The number of amides is 3. The number of carbonyl (C=O) groups excluding carboxylic acids is 3. The molecule has 3 amide bonds. The van der Waals surface area contributed by atoms with E-state index in [1.165, 1.54) is 0 Å². The van der Waals surface area contributed by atoms with Crippen LogP contribution in [0.25, 0.3) is 0 Å². The molecule has 142 valence electrons. The first-order valence-electron chi connectivity index (χ1n) is 8.26. The number of para-hydroxylation sites is 1. The molecule has 27 heavy (non-hydrogen) atoms. The highest BCUT2D eigenvalue weighted by molar-refractivity contribution is 5.93. The lowest BCUT2D eigenvalue weighted by atomic mass is 10.2. The Balaban J connectivity index is 1.61. The summed E-state index contributed by atoms with van der Waals surface area (Å²) in [6, 6.07) is 15.7. The predicted molar refractivity (Wildman–Crippen MR) is 99.1 cm³/mol. The molecule has 0 unspecified atom stereocenters. The van der Waals surface area contributed by atoms with E-state index in [0.717, 1.165) is 0 Å². The molecule has 0 spiro atoms. The van der Waals surface area contributed by atoms with Crippen molar-refractivity contribution in [1.29, 1.82) is 0 Å². The molecule has 0 saturated carbocycles. The summed E-state index contributed by atoms with van der Waals surface area (Å²) in [5, 5.41) is 2.67. The summed E-state index contributed by atoms with van der Waals surface area (Å²) in [6.45, 7) is -0.263. The molecule has 0 saturated heterocycles. The molecule has 0 aromatic heterocycles. The third-order valence-corrected chi connectivity index (χ3v) is 3.41. The fraction of sp³-hybridized carbons (Fsp3) is 0.211. The van der Waals surface area contributed by atoms with E-state index >= 15 is 0 Å². The second kappa shape index (κ2) is 10.4. The van der Waals surface area contributed by atoms with Crippen LogP contribution in [-0.2, 0) is 14.4 Å². The van der Waals surface area contributed by atoms with Crippen molar-refractivity contribution in [2.75, 3.05) is 19.0 Å². The van der Waals surface area contributed by atoms with Gasteiger partial charge in [-0.1, -0.05) is 18.2 Å². The van der Waals surface area contributed by atoms with Crippen LogP contribution in [0, 0.1) is 0 Å².